The fourth-order valence-electron chi connectivity index (χ4n) is 2.60. The molecule has 1 aromatic carbocycles. The maximum absolute atomic E-state index is 6.26. The average molecular weight is 282 g/mol. The lowest BCUT2D eigenvalue weighted by Gasteiger charge is -2.19. The van der Waals surface area contributed by atoms with Crippen LogP contribution in [-0.2, 0) is 0 Å². The normalized spacial score (nSPS) is 17.3. The van der Waals surface area contributed by atoms with E-state index in [1.807, 2.05) is 26.0 Å². The van der Waals surface area contributed by atoms with Crippen LogP contribution >= 0.6 is 11.6 Å². The van der Waals surface area contributed by atoms with Crippen molar-refractivity contribution in [1.82, 2.24) is 0 Å². The van der Waals surface area contributed by atoms with E-state index < -0.39 is 0 Å². The van der Waals surface area contributed by atoms with Crippen LogP contribution in [0.1, 0.15) is 52.4 Å². The maximum atomic E-state index is 6.26. The lowest BCUT2D eigenvalue weighted by molar-refractivity contribution is 0.242. The summed E-state index contributed by atoms with van der Waals surface area (Å²) in [6, 6.07) is 6.59. The first-order chi connectivity index (χ1) is 9.15. The van der Waals surface area contributed by atoms with Gasteiger partial charge in [-0.25, -0.2) is 0 Å². The average Bonchev–Trinajstić information content (AvgIpc) is 2.61. The quantitative estimate of drug-likeness (QED) is 0.760. The Morgan fingerprint density at radius 3 is 2.42 bits per heavy atom. The van der Waals surface area contributed by atoms with Gasteiger partial charge in [-0.3, -0.25) is 0 Å². The van der Waals surface area contributed by atoms with Gasteiger partial charge in [0.1, 0.15) is 5.75 Å². The first kappa shape index (κ1) is 14.5. The van der Waals surface area contributed by atoms with Crippen LogP contribution in [0.2, 0.25) is 5.02 Å². The fourth-order valence-corrected chi connectivity index (χ4v) is 2.82. The van der Waals surface area contributed by atoms with Crippen molar-refractivity contribution < 1.29 is 4.74 Å². The predicted octanol–water partition coefficient (Wildman–Crippen LogP) is 5.26. The highest BCUT2D eigenvalue weighted by Gasteiger charge is 2.12. The molecule has 0 atom stereocenters. The van der Waals surface area contributed by atoms with E-state index in [1.165, 1.54) is 38.5 Å². The van der Waals surface area contributed by atoms with Gasteiger partial charge in [-0.05, 0) is 44.9 Å². The largest absolute Gasteiger partial charge is 0.489 e. The molecule has 0 aliphatic heterocycles. The van der Waals surface area contributed by atoms with E-state index in [0.717, 1.165) is 11.4 Å². The molecule has 1 aliphatic carbocycles. The highest BCUT2D eigenvalue weighted by Crippen LogP contribution is 2.30. The van der Waals surface area contributed by atoms with Crippen LogP contribution in [0.15, 0.2) is 18.2 Å². The number of hydrogen-bond acceptors (Lipinski definition) is 2. The van der Waals surface area contributed by atoms with Gasteiger partial charge in [-0.15, -0.1) is 0 Å². The molecule has 0 saturated heterocycles. The Balaban J connectivity index is 1.98. The van der Waals surface area contributed by atoms with Gasteiger partial charge >= 0.3 is 0 Å². The molecular formula is C16H24ClNO. The summed E-state index contributed by atoms with van der Waals surface area (Å²) < 4.78 is 5.65. The summed E-state index contributed by atoms with van der Waals surface area (Å²) >= 11 is 6.26. The van der Waals surface area contributed by atoms with Crippen molar-refractivity contribution in [3.63, 3.8) is 0 Å². The van der Waals surface area contributed by atoms with Crippen LogP contribution < -0.4 is 10.1 Å². The molecule has 0 heterocycles. The molecule has 2 nitrogen and oxygen atoms in total. The van der Waals surface area contributed by atoms with Gasteiger partial charge < -0.3 is 10.1 Å². The Morgan fingerprint density at radius 1 is 1.16 bits per heavy atom. The minimum absolute atomic E-state index is 0.151. The molecule has 3 heteroatoms. The van der Waals surface area contributed by atoms with Crippen molar-refractivity contribution in [2.45, 2.75) is 64.5 Å². The first-order valence-electron chi connectivity index (χ1n) is 7.38. The van der Waals surface area contributed by atoms with Crippen molar-refractivity contribution in [1.29, 1.82) is 0 Å². The molecule has 0 aromatic heterocycles. The third-order valence-corrected chi connectivity index (χ3v) is 3.82. The van der Waals surface area contributed by atoms with Crippen LogP contribution in [0.4, 0.5) is 5.69 Å². The zero-order valence-electron chi connectivity index (χ0n) is 11.9. The second kappa shape index (κ2) is 7.04. The summed E-state index contributed by atoms with van der Waals surface area (Å²) in [5.41, 5.74) is 1.10. The number of hydrogen-bond donors (Lipinski definition) is 1. The molecule has 1 N–H and O–H groups in total. The summed E-state index contributed by atoms with van der Waals surface area (Å²) in [6.45, 7) is 4.02. The van der Waals surface area contributed by atoms with E-state index in [4.69, 9.17) is 16.3 Å². The van der Waals surface area contributed by atoms with Gasteiger partial charge in [-0.1, -0.05) is 37.3 Å². The highest BCUT2D eigenvalue weighted by atomic mass is 35.5. The molecule has 1 fully saturated rings. The SMILES string of the molecule is CC(C)Oc1ccc(NC2CCCCCC2)cc1Cl. The second-order valence-corrected chi connectivity index (χ2v) is 6.05. The zero-order valence-corrected chi connectivity index (χ0v) is 12.7. The third kappa shape index (κ3) is 4.61. The monoisotopic (exact) mass is 281 g/mol. The van der Waals surface area contributed by atoms with Gasteiger partial charge in [0.25, 0.3) is 0 Å². The van der Waals surface area contributed by atoms with Crippen molar-refractivity contribution in [3.05, 3.63) is 23.2 Å². The summed E-state index contributed by atoms with van der Waals surface area (Å²) in [5.74, 6) is 0.767. The second-order valence-electron chi connectivity index (χ2n) is 5.64. The van der Waals surface area contributed by atoms with Crippen LogP contribution in [0.3, 0.4) is 0 Å². The van der Waals surface area contributed by atoms with Crippen molar-refractivity contribution >= 4 is 17.3 Å². The summed E-state index contributed by atoms with van der Waals surface area (Å²) in [5, 5.41) is 4.29. The molecule has 106 valence electrons. The summed E-state index contributed by atoms with van der Waals surface area (Å²) in [4.78, 5) is 0. The number of anilines is 1. The molecular weight excluding hydrogens is 258 g/mol. The fraction of sp³-hybridized carbons (Fsp3) is 0.625. The molecule has 0 amide bonds. The van der Waals surface area contributed by atoms with E-state index in [-0.39, 0.29) is 6.10 Å². The van der Waals surface area contributed by atoms with Gasteiger partial charge in [0.15, 0.2) is 0 Å². The van der Waals surface area contributed by atoms with Crippen LogP contribution in [-0.4, -0.2) is 12.1 Å². The number of benzene rings is 1. The van der Waals surface area contributed by atoms with Gasteiger partial charge in [0, 0.05) is 11.7 Å². The minimum atomic E-state index is 0.151. The predicted molar refractivity (Wildman–Crippen MR) is 82.3 cm³/mol. The lowest BCUT2D eigenvalue weighted by atomic mass is 10.1. The van der Waals surface area contributed by atoms with Gasteiger partial charge in [-0.2, -0.15) is 0 Å². The maximum Gasteiger partial charge on any atom is 0.138 e. The molecule has 0 spiro atoms. The number of nitrogens with one attached hydrogen (secondary N) is 1. The molecule has 1 aliphatic rings. The smallest absolute Gasteiger partial charge is 0.138 e. The Labute approximate surface area is 121 Å². The molecule has 0 unspecified atom stereocenters. The van der Waals surface area contributed by atoms with E-state index in [0.29, 0.717) is 11.1 Å². The Bertz CT molecular complexity index is 398. The zero-order chi connectivity index (χ0) is 13.7. The molecule has 1 saturated carbocycles. The van der Waals surface area contributed by atoms with Crippen molar-refractivity contribution in [3.8, 4) is 5.75 Å². The molecule has 19 heavy (non-hydrogen) atoms. The summed E-state index contributed by atoms with van der Waals surface area (Å²) in [7, 11) is 0. The van der Waals surface area contributed by atoms with Crippen LogP contribution in [0, 0.1) is 0 Å². The van der Waals surface area contributed by atoms with Crippen molar-refractivity contribution in [2.75, 3.05) is 5.32 Å². The standard InChI is InChI=1S/C16H24ClNO/c1-12(2)19-16-10-9-14(11-15(16)17)18-13-7-5-3-4-6-8-13/h9-13,18H,3-8H2,1-2H3. The molecule has 1 aromatic rings. The Kier molecular flexibility index (Phi) is 5.38. The lowest BCUT2D eigenvalue weighted by Crippen LogP contribution is -2.18. The molecule has 0 radical (unpaired) electrons. The number of halogens is 1. The third-order valence-electron chi connectivity index (χ3n) is 3.52. The van der Waals surface area contributed by atoms with E-state index in [1.54, 1.807) is 0 Å². The van der Waals surface area contributed by atoms with E-state index in [9.17, 15) is 0 Å². The Hall–Kier alpha value is -0.890. The van der Waals surface area contributed by atoms with E-state index in [2.05, 4.69) is 11.4 Å². The van der Waals surface area contributed by atoms with Crippen LogP contribution in [0.5, 0.6) is 5.75 Å². The topological polar surface area (TPSA) is 21.3 Å². The van der Waals surface area contributed by atoms with Crippen LogP contribution in [0.25, 0.3) is 0 Å². The van der Waals surface area contributed by atoms with Crippen molar-refractivity contribution in [2.24, 2.45) is 0 Å². The number of rotatable bonds is 4. The molecule has 0 bridgehead atoms. The minimum Gasteiger partial charge on any atom is -0.489 e. The first-order valence-corrected chi connectivity index (χ1v) is 7.75. The summed E-state index contributed by atoms with van der Waals surface area (Å²) in [6.07, 6.45) is 8.10. The van der Waals surface area contributed by atoms with E-state index >= 15 is 0 Å². The van der Waals surface area contributed by atoms with Gasteiger partial charge in [0.2, 0.25) is 0 Å². The Morgan fingerprint density at radius 2 is 1.84 bits per heavy atom. The molecule has 2 rings (SSSR count). The van der Waals surface area contributed by atoms with Gasteiger partial charge in [0.05, 0.1) is 11.1 Å². The number of ether oxygens (including phenoxy) is 1. The highest BCUT2D eigenvalue weighted by molar-refractivity contribution is 6.32.